The van der Waals surface area contributed by atoms with Crippen LogP contribution in [0.5, 0.6) is 0 Å². The molecule has 0 radical (unpaired) electrons. The fraction of sp³-hybridized carbons (Fsp3) is 1.00. The van der Waals surface area contributed by atoms with Crippen LogP contribution in [-0.2, 0) is 0 Å². The summed E-state index contributed by atoms with van der Waals surface area (Å²) in [5, 5.41) is 13.1. The minimum absolute atomic E-state index is 0.0906. The molecule has 0 aromatic carbocycles. The van der Waals surface area contributed by atoms with Crippen LogP contribution < -0.4 is 5.32 Å². The van der Waals surface area contributed by atoms with Gasteiger partial charge in [-0.25, -0.2) is 0 Å². The number of nitrogens with one attached hydrogen (secondary N) is 1. The maximum Gasteiger partial charge on any atom is 0.0499 e. The van der Waals surface area contributed by atoms with E-state index in [1.807, 2.05) is 0 Å². The third-order valence-corrected chi connectivity index (χ3v) is 4.60. The van der Waals surface area contributed by atoms with Crippen LogP contribution in [0, 0.1) is 11.3 Å². The lowest BCUT2D eigenvalue weighted by molar-refractivity contribution is 0.111. The molecule has 0 amide bonds. The number of rotatable bonds is 9. The van der Waals surface area contributed by atoms with Crippen LogP contribution in [-0.4, -0.2) is 49.3 Å². The zero-order valence-electron chi connectivity index (χ0n) is 12.5. The normalized spacial score (nSPS) is 19.3. The van der Waals surface area contributed by atoms with E-state index in [2.05, 4.69) is 31.0 Å². The number of hydrogen-bond acceptors (Lipinski definition) is 3. The number of aliphatic hydroxyl groups is 1. The Bertz CT molecular complexity index is 202. The molecule has 0 bridgehead atoms. The molecule has 0 spiro atoms. The van der Waals surface area contributed by atoms with Crippen LogP contribution in [0.3, 0.4) is 0 Å². The van der Waals surface area contributed by atoms with Gasteiger partial charge in [0.15, 0.2) is 0 Å². The first-order valence-electron chi connectivity index (χ1n) is 7.69. The Balaban J connectivity index is 2.18. The average Bonchev–Trinajstić information content (AvgIpc) is 2.88. The maximum atomic E-state index is 9.52. The number of nitrogens with zero attached hydrogens (tertiary/aromatic N) is 1. The summed E-state index contributed by atoms with van der Waals surface area (Å²) in [6.07, 6.45) is 4.85. The molecule has 1 fully saturated rings. The summed E-state index contributed by atoms with van der Waals surface area (Å²) in [6, 6.07) is 0. The molecule has 3 nitrogen and oxygen atoms in total. The quantitative estimate of drug-likeness (QED) is 0.663. The van der Waals surface area contributed by atoms with Gasteiger partial charge in [0.05, 0.1) is 0 Å². The Labute approximate surface area is 113 Å². The van der Waals surface area contributed by atoms with Gasteiger partial charge in [0.25, 0.3) is 0 Å². The first-order chi connectivity index (χ1) is 8.65. The lowest BCUT2D eigenvalue weighted by atomic mass is 9.83. The van der Waals surface area contributed by atoms with E-state index < -0.39 is 0 Å². The number of hydrogen-bond donors (Lipinski definition) is 2. The summed E-state index contributed by atoms with van der Waals surface area (Å²) in [6.45, 7) is 12.8. The van der Waals surface area contributed by atoms with Crippen molar-refractivity contribution in [2.24, 2.45) is 11.3 Å². The van der Waals surface area contributed by atoms with Gasteiger partial charge < -0.3 is 15.3 Å². The highest BCUT2D eigenvalue weighted by Crippen LogP contribution is 2.24. The Hall–Kier alpha value is -0.120. The van der Waals surface area contributed by atoms with Crippen molar-refractivity contribution in [2.45, 2.75) is 46.5 Å². The molecule has 18 heavy (non-hydrogen) atoms. The molecular weight excluding hydrogens is 224 g/mol. The van der Waals surface area contributed by atoms with Crippen LogP contribution >= 0.6 is 0 Å². The highest BCUT2D eigenvalue weighted by molar-refractivity contribution is 4.79. The first-order valence-corrected chi connectivity index (χ1v) is 7.69. The first kappa shape index (κ1) is 15.9. The summed E-state index contributed by atoms with van der Waals surface area (Å²) < 4.78 is 0. The van der Waals surface area contributed by atoms with Crippen molar-refractivity contribution in [1.82, 2.24) is 10.2 Å². The Morgan fingerprint density at radius 3 is 2.33 bits per heavy atom. The average molecular weight is 256 g/mol. The molecule has 1 rings (SSSR count). The highest BCUT2D eigenvalue weighted by atomic mass is 16.3. The molecule has 0 aliphatic carbocycles. The van der Waals surface area contributed by atoms with Crippen molar-refractivity contribution in [3.8, 4) is 0 Å². The van der Waals surface area contributed by atoms with E-state index >= 15 is 0 Å². The van der Waals surface area contributed by atoms with Crippen LogP contribution in [0.2, 0.25) is 0 Å². The third kappa shape index (κ3) is 4.87. The molecule has 1 atom stereocenters. The molecule has 3 heteroatoms. The molecule has 0 aromatic heterocycles. The van der Waals surface area contributed by atoms with Crippen molar-refractivity contribution < 1.29 is 5.11 Å². The van der Waals surface area contributed by atoms with Gasteiger partial charge in [-0.15, -0.1) is 0 Å². The van der Waals surface area contributed by atoms with Crippen molar-refractivity contribution in [3.05, 3.63) is 0 Å². The summed E-state index contributed by atoms with van der Waals surface area (Å²) in [5.74, 6) is 0.702. The second-order valence-electron chi connectivity index (χ2n) is 6.11. The summed E-state index contributed by atoms with van der Waals surface area (Å²) >= 11 is 0. The summed E-state index contributed by atoms with van der Waals surface area (Å²) in [5.41, 5.74) is 0.0906. The fourth-order valence-corrected chi connectivity index (χ4v) is 2.83. The highest BCUT2D eigenvalue weighted by Gasteiger charge is 2.24. The topological polar surface area (TPSA) is 35.5 Å². The predicted molar refractivity (Wildman–Crippen MR) is 77.8 cm³/mol. The lowest BCUT2D eigenvalue weighted by Crippen LogP contribution is -2.39. The summed E-state index contributed by atoms with van der Waals surface area (Å²) in [4.78, 5) is 2.57. The molecule has 1 unspecified atom stereocenters. The van der Waals surface area contributed by atoms with Crippen molar-refractivity contribution in [3.63, 3.8) is 0 Å². The second kappa shape index (κ2) is 8.13. The molecular formula is C15H32N2O. The third-order valence-electron chi connectivity index (χ3n) is 4.60. The lowest BCUT2D eigenvalue weighted by Gasteiger charge is -2.30. The van der Waals surface area contributed by atoms with E-state index in [-0.39, 0.29) is 5.41 Å². The van der Waals surface area contributed by atoms with Gasteiger partial charge >= 0.3 is 0 Å². The van der Waals surface area contributed by atoms with Gasteiger partial charge in [0.2, 0.25) is 0 Å². The van der Waals surface area contributed by atoms with Gasteiger partial charge in [-0.3, -0.25) is 0 Å². The van der Waals surface area contributed by atoms with Crippen LogP contribution in [0.25, 0.3) is 0 Å². The molecule has 2 N–H and O–H groups in total. The van der Waals surface area contributed by atoms with Crippen LogP contribution in [0.15, 0.2) is 0 Å². The van der Waals surface area contributed by atoms with Gasteiger partial charge in [0, 0.05) is 25.1 Å². The Morgan fingerprint density at radius 2 is 1.83 bits per heavy atom. The van der Waals surface area contributed by atoms with Crippen LogP contribution in [0.1, 0.15) is 46.5 Å². The van der Waals surface area contributed by atoms with Gasteiger partial charge in [0.1, 0.15) is 0 Å². The largest absolute Gasteiger partial charge is 0.396 e. The predicted octanol–water partition coefficient (Wildman–Crippen LogP) is 2.11. The van der Waals surface area contributed by atoms with Crippen LogP contribution in [0.4, 0.5) is 0 Å². The van der Waals surface area contributed by atoms with Crippen molar-refractivity contribution >= 4 is 0 Å². The Morgan fingerprint density at radius 1 is 1.22 bits per heavy atom. The second-order valence-corrected chi connectivity index (χ2v) is 6.11. The van der Waals surface area contributed by atoms with E-state index in [9.17, 15) is 5.11 Å². The molecule has 1 heterocycles. The zero-order valence-corrected chi connectivity index (χ0v) is 12.5. The minimum atomic E-state index is 0.0906. The van der Waals surface area contributed by atoms with E-state index in [1.165, 1.54) is 32.5 Å². The van der Waals surface area contributed by atoms with E-state index in [4.69, 9.17) is 0 Å². The minimum Gasteiger partial charge on any atom is -0.396 e. The van der Waals surface area contributed by atoms with Crippen molar-refractivity contribution in [2.75, 3.05) is 39.3 Å². The van der Waals surface area contributed by atoms with Gasteiger partial charge in [-0.05, 0) is 51.2 Å². The molecule has 1 aliphatic heterocycles. The maximum absolute atomic E-state index is 9.52. The SMILES string of the molecule is CCC(CC)(CO)CNCC(C)CN1CCCC1. The number of likely N-dealkylation sites (tertiary alicyclic amines) is 1. The van der Waals surface area contributed by atoms with E-state index in [0.717, 1.165) is 25.9 Å². The molecule has 1 aliphatic rings. The van der Waals surface area contributed by atoms with E-state index in [0.29, 0.717) is 12.5 Å². The summed E-state index contributed by atoms with van der Waals surface area (Å²) in [7, 11) is 0. The van der Waals surface area contributed by atoms with Gasteiger partial charge in [-0.1, -0.05) is 20.8 Å². The Kier molecular flexibility index (Phi) is 7.20. The zero-order chi connectivity index (χ0) is 13.4. The fourth-order valence-electron chi connectivity index (χ4n) is 2.83. The molecule has 0 saturated carbocycles. The molecule has 108 valence electrons. The smallest absolute Gasteiger partial charge is 0.0499 e. The number of aliphatic hydroxyl groups excluding tert-OH is 1. The van der Waals surface area contributed by atoms with Gasteiger partial charge in [-0.2, -0.15) is 0 Å². The standard InChI is InChI=1S/C15H32N2O/c1-4-15(5-2,13-18)12-16-10-14(3)11-17-8-6-7-9-17/h14,16,18H,4-13H2,1-3H3. The molecule has 1 saturated heterocycles. The monoisotopic (exact) mass is 256 g/mol. The molecule has 0 aromatic rings. The van der Waals surface area contributed by atoms with E-state index in [1.54, 1.807) is 0 Å². The van der Waals surface area contributed by atoms with Crippen molar-refractivity contribution in [1.29, 1.82) is 0 Å².